The number of piperidine rings is 1. The zero-order chi connectivity index (χ0) is 17.6. The number of fused-ring (bicyclic) bond motifs is 3. The van der Waals surface area contributed by atoms with Crippen molar-refractivity contribution in [3.05, 3.63) is 60.8 Å². The number of nitrogens with zero attached hydrogens (tertiary/aromatic N) is 4. The number of hydrogen-bond acceptors (Lipinski definition) is 4. The molecule has 2 fully saturated rings. The second-order valence-corrected chi connectivity index (χ2v) is 7.92. The van der Waals surface area contributed by atoms with Crippen LogP contribution in [0.4, 0.5) is 0 Å². The quantitative estimate of drug-likeness (QED) is 0.787. The Morgan fingerprint density at radius 3 is 2.50 bits per heavy atom. The molecule has 5 heteroatoms. The maximum absolute atomic E-state index is 11.4. The van der Waals surface area contributed by atoms with Crippen molar-refractivity contribution in [3.63, 3.8) is 0 Å². The monoisotopic (exact) mass is 348 g/mol. The second kappa shape index (κ2) is 6.18. The molecule has 2 atom stereocenters. The van der Waals surface area contributed by atoms with Gasteiger partial charge in [0.15, 0.2) is 0 Å². The highest BCUT2D eigenvalue weighted by Gasteiger charge is 2.47. The van der Waals surface area contributed by atoms with Gasteiger partial charge >= 0.3 is 0 Å². The van der Waals surface area contributed by atoms with E-state index in [-0.39, 0.29) is 0 Å². The van der Waals surface area contributed by atoms with Crippen molar-refractivity contribution in [2.45, 2.75) is 56.5 Å². The lowest BCUT2D eigenvalue weighted by atomic mass is 9.85. The Labute approximate surface area is 153 Å². The second-order valence-electron chi connectivity index (χ2n) is 7.92. The SMILES string of the molecule is OC1(Cn2ccc3ccncc32)C[C@@H]2CC[C@@H](C1)N2Cc1ccncc1. The Morgan fingerprint density at radius 2 is 1.73 bits per heavy atom. The summed E-state index contributed by atoms with van der Waals surface area (Å²) in [6, 6.07) is 9.25. The lowest BCUT2D eigenvalue weighted by Crippen LogP contribution is -2.52. The van der Waals surface area contributed by atoms with E-state index in [1.165, 1.54) is 23.8 Å². The normalized spacial score (nSPS) is 28.7. The fourth-order valence-corrected chi connectivity index (χ4v) is 4.98. The van der Waals surface area contributed by atoms with E-state index in [1.54, 1.807) is 0 Å². The van der Waals surface area contributed by atoms with E-state index in [0.29, 0.717) is 18.6 Å². The topological polar surface area (TPSA) is 54.2 Å². The predicted octanol–water partition coefficient (Wildman–Crippen LogP) is 2.99. The standard InChI is InChI=1S/C21H24N4O/c26-21(15-24-10-6-17-5-9-23-13-20(17)24)11-18-1-2-19(12-21)25(18)14-16-3-7-22-8-4-16/h3-10,13,18-19,26H,1-2,11-12,14-15H2/t18-,19-/m0/s1. The molecule has 0 amide bonds. The molecule has 2 saturated heterocycles. The number of aromatic nitrogens is 3. The summed E-state index contributed by atoms with van der Waals surface area (Å²) in [7, 11) is 0. The summed E-state index contributed by atoms with van der Waals surface area (Å²) in [5.74, 6) is 0. The Morgan fingerprint density at radius 1 is 1.00 bits per heavy atom. The number of aliphatic hydroxyl groups is 1. The van der Waals surface area contributed by atoms with Gasteiger partial charge in [-0.25, -0.2) is 0 Å². The third-order valence-corrected chi connectivity index (χ3v) is 6.16. The smallest absolute Gasteiger partial charge is 0.0855 e. The van der Waals surface area contributed by atoms with Crippen LogP contribution in [0.15, 0.2) is 55.2 Å². The molecule has 2 aliphatic rings. The van der Waals surface area contributed by atoms with E-state index in [1.807, 2.05) is 30.9 Å². The highest BCUT2D eigenvalue weighted by Crippen LogP contribution is 2.42. The lowest BCUT2D eigenvalue weighted by Gasteiger charge is -2.44. The van der Waals surface area contributed by atoms with Crippen molar-refractivity contribution in [2.75, 3.05) is 0 Å². The molecule has 5 heterocycles. The average Bonchev–Trinajstić information content (AvgIpc) is 3.15. The maximum atomic E-state index is 11.4. The first-order valence-electron chi connectivity index (χ1n) is 9.46. The van der Waals surface area contributed by atoms with Gasteiger partial charge in [-0.15, -0.1) is 0 Å². The molecule has 1 N–H and O–H groups in total. The molecule has 134 valence electrons. The van der Waals surface area contributed by atoms with Crippen molar-refractivity contribution in [2.24, 2.45) is 0 Å². The first kappa shape index (κ1) is 16.0. The highest BCUT2D eigenvalue weighted by atomic mass is 16.3. The van der Waals surface area contributed by atoms with E-state index < -0.39 is 5.60 Å². The van der Waals surface area contributed by atoms with Crippen LogP contribution in [0.25, 0.3) is 10.9 Å². The lowest BCUT2D eigenvalue weighted by molar-refractivity contribution is -0.0644. The Hall–Kier alpha value is -2.24. The van der Waals surface area contributed by atoms with Crippen molar-refractivity contribution in [1.29, 1.82) is 0 Å². The van der Waals surface area contributed by atoms with Gasteiger partial charge in [-0.05, 0) is 55.5 Å². The molecule has 3 aromatic heterocycles. The van der Waals surface area contributed by atoms with Crippen molar-refractivity contribution in [3.8, 4) is 0 Å². The van der Waals surface area contributed by atoms with Crippen LogP contribution in [0.1, 0.15) is 31.2 Å². The van der Waals surface area contributed by atoms with Crippen LogP contribution in [-0.2, 0) is 13.1 Å². The summed E-state index contributed by atoms with van der Waals surface area (Å²) < 4.78 is 2.17. The number of hydrogen-bond donors (Lipinski definition) is 1. The highest BCUT2D eigenvalue weighted by molar-refractivity contribution is 5.78. The van der Waals surface area contributed by atoms with Crippen LogP contribution in [0, 0.1) is 0 Å². The first-order chi connectivity index (χ1) is 12.7. The van der Waals surface area contributed by atoms with Crippen LogP contribution < -0.4 is 0 Å². The number of rotatable bonds is 4. The summed E-state index contributed by atoms with van der Waals surface area (Å²) in [5.41, 5.74) is 1.78. The molecule has 0 saturated carbocycles. The van der Waals surface area contributed by atoms with Gasteiger partial charge in [0.25, 0.3) is 0 Å². The van der Waals surface area contributed by atoms with Gasteiger partial charge in [0.2, 0.25) is 0 Å². The van der Waals surface area contributed by atoms with E-state index in [9.17, 15) is 5.11 Å². The summed E-state index contributed by atoms with van der Waals surface area (Å²) in [5, 5.41) is 12.6. The maximum Gasteiger partial charge on any atom is 0.0855 e. The zero-order valence-corrected chi connectivity index (χ0v) is 14.8. The Kier molecular flexibility index (Phi) is 3.80. The summed E-state index contributed by atoms with van der Waals surface area (Å²) in [6.45, 7) is 1.61. The van der Waals surface area contributed by atoms with Gasteiger partial charge in [0.1, 0.15) is 0 Å². The molecule has 2 bridgehead atoms. The van der Waals surface area contributed by atoms with Gasteiger partial charge in [-0.2, -0.15) is 0 Å². The molecular formula is C21H24N4O. The summed E-state index contributed by atoms with van der Waals surface area (Å²) >= 11 is 0. The summed E-state index contributed by atoms with van der Waals surface area (Å²) in [6.07, 6.45) is 13.6. The van der Waals surface area contributed by atoms with Gasteiger partial charge in [0.05, 0.1) is 23.9 Å². The zero-order valence-electron chi connectivity index (χ0n) is 14.8. The third kappa shape index (κ3) is 2.81. The van der Waals surface area contributed by atoms with Crippen molar-refractivity contribution >= 4 is 10.9 Å². The van der Waals surface area contributed by atoms with E-state index in [2.05, 4.69) is 43.8 Å². The molecule has 0 radical (unpaired) electrons. The predicted molar refractivity (Wildman–Crippen MR) is 101 cm³/mol. The minimum atomic E-state index is -0.637. The molecular weight excluding hydrogens is 324 g/mol. The Bertz CT molecular complexity index is 893. The average molecular weight is 348 g/mol. The van der Waals surface area contributed by atoms with Crippen LogP contribution in [0.3, 0.4) is 0 Å². The molecule has 0 unspecified atom stereocenters. The minimum absolute atomic E-state index is 0.465. The van der Waals surface area contributed by atoms with Gasteiger partial charge in [-0.3, -0.25) is 14.9 Å². The largest absolute Gasteiger partial charge is 0.388 e. The molecule has 5 rings (SSSR count). The number of pyridine rings is 2. The van der Waals surface area contributed by atoms with Crippen LogP contribution in [0.2, 0.25) is 0 Å². The van der Waals surface area contributed by atoms with E-state index in [4.69, 9.17) is 0 Å². The minimum Gasteiger partial charge on any atom is -0.388 e. The van der Waals surface area contributed by atoms with E-state index in [0.717, 1.165) is 24.9 Å². The van der Waals surface area contributed by atoms with Crippen LogP contribution in [-0.4, -0.2) is 42.2 Å². The summed E-state index contributed by atoms with van der Waals surface area (Å²) in [4.78, 5) is 11.0. The van der Waals surface area contributed by atoms with Gasteiger partial charge in [0, 0.05) is 48.8 Å². The van der Waals surface area contributed by atoms with Crippen LogP contribution >= 0.6 is 0 Å². The van der Waals surface area contributed by atoms with Gasteiger partial charge < -0.3 is 9.67 Å². The molecule has 0 aliphatic carbocycles. The van der Waals surface area contributed by atoms with E-state index >= 15 is 0 Å². The molecule has 2 aliphatic heterocycles. The molecule has 0 aromatic carbocycles. The van der Waals surface area contributed by atoms with Crippen molar-refractivity contribution < 1.29 is 5.11 Å². The Balaban J connectivity index is 1.35. The molecule has 26 heavy (non-hydrogen) atoms. The fraction of sp³-hybridized carbons (Fsp3) is 0.429. The first-order valence-corrected chi connectivity index (χ1v) is 9.46. The van der Waals surface area contributed by atoms with Gasteiger partial charge in [-0.1, -0.05) is 0 Å². The molecule has 5 nitrogen and oxygen atoms in total. The molecule has 0 spiro atoms. The third-order valence-electron chi connectivity index (χ3n) is 6.16. The molecule has 3 aromatic rings. The van der Waals surface area contributed by atoms with Crippen molar-refractivity contribution in [1.82, 2.24) is 19.4 Å². The fourth-order valence-electron chi connectivity index (χ4n) is 4.98. The van der Waals surface area contributed by atoms with Crippen LogP contribution in [0.5, 0.6) is 0 Å².